The standard InChI is InChI=1S/C20H19FN4O3/c1-11-4-5-15(14(21)7-11)24-20-18(19(22)27)16(8-17(26)25(20)3)28-13-6-12(2)9-23-10-13/h4-10,24H,1-3H3,(H2,22,27). The van der Waals surface area contributed by atoms with Crippen LogP contribution in [0.4, 0.5) is 15.9 Å². The molecule has 0 saturated heterocycles. The molecule has 3 N–H and O–H groups in total. The van der Waals surface area contributed by atoms with Crippen LogP contribution in [-0.4, -0.2) is 15.5 Å². The summed E-state index contributed by atoms with van der Waals surface area (Å²) in [6, 6.07) is 7.40. The Morgan fingerprint density at radius 3 is 2.57 bits per heavy atom. The zero-order valence-corrected chi connectivity index (χ0v) is 15.6. The van der Waals surface area contributed by atoms with E-state index in [2.05, 4.69) is 10.3 Å². The first kappa shape index (κ1) is 19.1. The SMILES string of the molecule is Cc1cncc(Oc2cc(=O)n(C)c(Nc3ccc(C)cc3F)c2C(N)=O)c1. The Morgan fingerprint density at radius 2 is 1.93 bits per heavy atom. The number of anilines is 2. The second kappa shape index (κ2) is 7.51. The smallest absolute Gasteiger partial charge is 0.256 e. The number of nitrogens with one attached hydrogen (secondary N) is 1. The molecule has 1 aromatic carbocycles. The van der Waals surface area contributed by atoms with E-state index in [1.807, 2.05) is 6.92 Å². The number of hydrogen-bond acceptors (Lipinski definition) is 5. The van der Waals surface area contributed by atoms with E-state index in [-0.39, 0.29) is 22.8 Å². The maximum absolute atomic E-state index is 14.3. The molecule has 2 aromatic heterocycles. The molecule has 0 aliphatic heterocycles. The molecule has 144 valence electrons. The molecule has 3 rings (SSSR count). The molecule has 1 amide bonds. The average molecular weight is 382 g/mol. The molecular weight excluding hydrogens is 363 g/mol. The van der Waals surface area contributed by atoms with Gasteiger partial charge in [-0.05, 0) is 43.2 Å². The van der Waals surface area contributed by atoms with Crippen LogP contribution >= 0.6 is 0 Å². The maximum atomic E-state index is 14.3. The number of carbonyl (C=O) groups excluding carboxylic acids is 1. The summed E-state index contributed by atoms with van der Waals surface area (Å²) < 4.78 is 21.2. The summed E-state index contributed by atoms with van der Waals surface area (Å²) in [6.07, 6.45) is 3.08. The number of carbonyl (C=O) groups is 1. The first-order valence-corrected chi connectivity index (χ1v) is 8.43. The average Bonchev–Trinajstić information content (AvgIpc) is 2.61. The van der Waals surface area contributed by atoms with Crippen molar-refractivity contribution in [2.24, 2.45) is 12.8 Å². The Bertz CT molecular complexity index is 1120. The summed E-state index contributed by atoms with van der Waals surface area (Å²) in [6.45, 7) is 3.58. The number of nitrogens with zero attached hydrogens (tertiary/aromatic N) is 2. The number of halogens is 1. The van der Waals surface area contributed by atoms with E-state index in [1.165, 1.54) is 29.9 Å². The highest BCUT2D eigenvalue weighted by Gasteiger charge is 2.21. The lowest BCUT2D eigenvalue weighted by Crippen LogP contribution is -2.25. The van der Waals surface area contributed by atoms with Crippen molar-refractivity contribution < 1.29 is 13.9 Å². The van der Waals surface area contributed by atoms with E-state index in [0.29, 0.717) is 5.75 Å². The summed E-state index contributed by atoms with van der Waals surface area (Å²) in [7, 11) is 1.45. The minimum atomic E-state index is -0.832. The van der Waals surface area contributed by atoms with Gasteiger partial charge >= 0.3 is 0 Å². The monoisotopic (exact) mass is 382 g/mol. The van der Waals surface area contributed by atoms with Crippen LogP contribution in [0.2, 0.25) is 0 Å². The zero-order valence-electron chi connectivity index (χ0n) is 15.6. The van der Waals surface area contributed by atoms with E-state index in [1.54, 1.807) is 25.3 Å². The Labute approximate surface area is 160 Å². The van der Waals surface area contributed by atoms with Gasteiger partial charge in [-0.25, -0.2) is 4.39 Å². The zero-order chi connectivity index (χ0) is 20.4. The molecule has 3 aromatic rings. The second-order valence-electron chi connectivity index (χ2n) is 6.40. The lowest BCUT2D eigenvalue weighted by Gasteiger charge is -2.18. The third-order valence-corrected chi connectivity index (χ3v) is 4.11. The van der Waals surface area contributed by atoms with Gasteiger partial charge in [0.25, 0.3) is 11.5 Å². The Kier molecular flexibility index (Phi) is 5.12. The normalized spacial score (nSPS) is 10.6. The van der Waals surface area contributed by atoms with Crippen molar-refractivity contribution in [3.63, 3.8) is 0 Å². The van der Waals surface area contributed by atoms with Crippen LogP contribution in [0.1, 0.15) is 21.5 Å². The number of aryl methyl sites for hydroxylation is 2. The molecule has 0 radical (unpaired) electrons. The van der Waals surface area contributed by atoms with E-state index in [9.17, 15) is 14.0 Å². The van der Waals surface area contributed by atoms with Gasteiger partial charge in [-0.3, -0.25) is 19.1 Å². The minimum Gasteiger partial charge on any atom is -0.455 e. The fourth-order valence-electron chi connectivity index (χ4n) is 2.70. The number of benzene rings is 1. The van der Waals surface area contributed by atoms with Gasteiger partial charge < -0.3 is 15.8 Å². The van der Waals surface area contributed by atoms with Crippen LogP contribution in [0.25, 0.3) is 0 Å². The second-order valence-corrected chi connectivity index (χ2v) is 6.40. The summed E-state index contributed by atoms with van der Waals surface area (Å²) >= 11 is 0. The fraction of sp³-hybridized carbons (Fsp3) is 0.150. The number of aromatic nitrogens is 2. The van der Waals surface area contributed by atoms with Gasteiger partial charge in [0.05, 0.1) is 11.9 Å². The van der Waals surface area contributed by atoms with Gasteiger partial charge in [0.1, 0.15) is 28.7 Å². The molecule has 2 heterocycles. The largest absolute Gasteiger partial charge is 0.455 e. The van der Waals surface area contributed by atoms with Crippen LogP contribution in [0.5, 0.6) is 11.5 Å². The number of nitrogens with two attached hydrogens (primary N) is 1. The molecule has 0 spiro atoms. The predicted octanol–water partition coefficient (Wildman–Crippen LogP) is 3.17. The molecule has 0 atom stereocenters. The quantitative estimate of drug-likeness (QED) is 0.706. The molecule has 0 aliphatic rings. The molecule has 0 unspecified atom stereocenters. The fourth-order valence-corrected chi connectivity index (χ4v) is 2.70. The van der Waals surface area contributed by atoms with Gasteiger partial charge in [-0.15, -0.1) is 0 Å². The van der Waals surface area contributed by atoms with Crippen LogP contribution in [0, 0.1) is 19.7 Å². The summed E-state index contributed by atoms with van der Waals surface area (Å²) in [5.41, 5.74) is 6.67. The predicted molar refractivity (Wildman–Crippen MR) is 104 cm³/mol. The van der Waals surface area contributed by atoms with Crippen LogP contribution < -0.4 is 21.3 Å². The highest BCUT2D eigenvalue weighted by molar-refractivity contribution is 6.01. The van der Waals surface area contributed by atoms with E-state index >= 15 is 0 Å². The lowest BCUT2D eigenvalue weighted by atomic mass is 10.1. The minimum absolute atomic E-state index is 0.0263. The third kappa shape index (κ3) is 3.85. The number of ether oxygens (including phenoxy) is 1. The summed E-state index contributed by atoms with van der Waals surface area (Å²) in [5, 5.41) is 2.79. The summed E-state index contributed by atoms with van der Waals surface area (Å²) in [4.78, 5) is 28.6. The highest BCUT2D eigenvalue weighted by atomic mass is 19.1. The van der Waals surface area contributed by atoms with Crippen molar-refractivity contribution in [3.8, 4) is 11.5 Å². The molecule has 0 saturated carbocycles. The number of hydrogen-bond donors (Lipinski definition) is 2. The lowest BCUT2D eigenvalue weighted by molar-refractivity contribution is 0.0998. The van der Waals surface area contributed by atoms with Crippen LogP contribution in [0.15, 0.2) is 47.5 Å². The number of rotatable bonds is 5. The van der Waals surface area contributed by atoms with Crippen molar-refractivity contribution in [1.82, 2.24) is 9.55 Å². The van der Waals surface area contributed by atoms with Crippen molar-refractivity contribution in [1.29, 1.82) is 0 Å². The molecule has 0 aliphatic carbocycles. The van der Waals surface area contributed by atoms with E-state index in [4.69, 9.17) is 10.5 Å². The van der Waals surface area contributed by atoms with Gasteiger partial charge in [-0.1, -0.05) is 6.07 Å². The van der Waals surface area contributed by atoms with Gasteiger partial charge in [0, 0.05) is 19.3 Å². The van der Waals surface area contributed by atoms with Crippen molar-refractivity contribution in [2.75, 3.05) is 5.32 Å². The van der Waals surface area contributed by atoms with Gasteiger partial charge in [0.2, 0.25) is 0 Å². The number of amides is 1. The van der Waals surface area contributed by atoms with Crippen LogP contribution in [0.3, 0.4) is 0 Å². The molecular formula is C20H19FN4O3. The molecule has 28 heavy (non-hydrogen) atoms. The van der Waals surface area contributed by atoms with Crippen molar-refractivity contribution >= 4 is 17.4 Å². The summed E-state index contributed by atoms with van der Waals surface area (Å²) in [5.74, 6) is -1.04. The maximum Gasteiger partial charge on any atom is 0.256 e. The van der Waals surface area contributed by atoms with Crippen molar-refractivity contribution in [2.45, 2.75) is 13.8 Å². The Hall–Kier alpha value is -3.68. The Balaban J connectivity index is 2.14. The van der Waals surface area contributed by atoms with E-state index in [0.717, 1.165) is 17.2 Å². The van der Waals surface area contributed by atoms with Crippen LogP contribution in [-0.2, 0) is 7.05 Å². The first-order chi connectivity index (χ1) is 13.3. The first-order valence-electron chi connectivity index (χ1n) is 8.43. The highest BCUT2D eigenvalue weighted by Crippen LogP contribution is 2.31. The van der Waals surface area contributed by atoms with E-state index < -0.39 is 17.3 Å². The molecule has 0 fully saturated rings. The molecule has 0 bridgehead atoms. The molecule has 7 nitrogen and oxygen atoms in total. The molecule has 8 heteroatoms. The van der Waals surface area contributed by atoms with Gasteiger partial charge in [0.15, 0.2) is 0 Å². The number of primary amides is 1. The topological polar surface area (TPSA) is 99.2 Å². The number of pyridine rings is 2. The van der Waals surface area contributed by atoms with Crippen molar-refractivity contribution in [3.05, 3.63) is 75.6 Å². The van der Waals surface area contributed by atoms with Gasteiger partial charge in [-0.2, -0.15) is 0 Å². The Morgan fingerprint density at radius 1 is 1.18 bits per heavy atom. The third-order valence-electron chi connectivity index (χ3n) is 4.11.